The van der Waals surface area contributed by atoms with Gasteiger partial charge in [-0.25, -0.2) is 4.79 Å². The summed E-state index contributed by atoms with van der Waals surface area (Å²) in [6.07, 6.45) is 3.13. The van der Waals surface area contributed by atoms with Gasteiger partial charge in [-0.2, -0.15) is 5.26 Å². The summed E-state index contributed by atoms with van der Waals surface area (Å²) in [5, 5.41) is 11.5. The van der Waals surface area contributed by atoms with Crippen LogP contribution in [0.15, 0.2) is 49.6 Å². The molecule has 4 amide bonds. The highest BCUT2D eigenvalue weighted by atomic mass is 16.2. The molecule has 7 nitrogen and oxygen atoms in total. The highest BCUT2D eigenvalue weighted by Crippen LogP contribution is 2.29. The molecule has 1 N–H and O–H groups in total. The molecule has 0 spiro atoms. The van der Waals surface area contributed by atoms with Gasteiger partial charge in [0, 0.05) is 13.1 Å². The van der Waals surface area contributed by atoms with E-state index in [1.807, 2.05) is 6.07 Å². The van der Waals surface area contributed by atoms with Crippen molar-refractivity contribution in [1.29, 1.82) is 5.26 Å². The highest BCUT2D eigenvalue weighted by molar-refractivity contribution is 6.09. The van der Waals surface area contributed by atoms with E-state index in [2.05, 4.69) is 18.5 Å². The topological polar surface area (TPSA) is 93.5 Å². The molecule has 2 rings (SSSR count). The van der Waals surface area contributed by atoms with Gasteiger partial charge in [0.05, 0.1) is 11.6 Å². The largest absolute Gasteiger partial charge is 0.334 e. The Kier molecular flexibility index (Phi) is 5.58. The van der Waals surface area contributed by atoms with E-state index in [-0.39, 0.29) is 12.5 Å². The third-order valence-electron chi connectivity index (χ3n) is 4.21. The Morgan fingerprint density at radius 1 is 1.27 bits per heavy atom. The standard InChI is InChI=1S/C19H20N4O3/c1-4-10-22(11-5-2)16(24)13-23-17(25)19(3,21-18(23)26)15-8-6-14(12-20)7-9-15/h4-9H,1-2,10-11,13H2,3H3,(H,21,26)/t19-/m0/s1. The molecular formula is C19H20N4O3. The summed E-state index contributed by atoms with van der Waals surface area (Å²) in [7, 11) is 0. The second kappa shape index (κ2) is 7.66. The first kappa shape index (κ1) is 18.9. The molecule has 1 atom stereocenters. The summed E-state index contributed by atoms with van der Waals surface area (Å²) in [5.41, 5.74) is -0.294. The van der Waals surface area contributed by atoms with E-state index in [4.69, 9.17) is 5.26 Å². The minimum atomic E-state index is -1.28. The maximum Gasteiger partial charge on any atom is 0.325 e. The van der Waals surface area contributed by atoms with E-state index >= 15 is 0 Å². The smallest absolute Gasteiger partial charge is 0.325 e. The summed E-state index contributed by atoms with van der Waals surface area (Å²) in [5.74, 6) is -0.893. The van der Waals surface area contributed by atoms with Crippen molar-refractivity contribution < 1.29 is 14.4 Å². The van der Waals surface area contributed by atoms with Crippen molar-refractivity contribution in [3.05, 3.63) is 60.7 Å². The van der Waals surface area contributed by atoms with Gasteiger partial charge < -0.3 is 10.2 Å². The molecule has 1 aliphatic rings. The number of benzene rings is 1. The van der Waals surface area contributed by atoms with Crippen molar-refractivity contribution in [1.82, 2.24) is 15.1 Å². The third-order valence-corrected chi connectivity index (χ3v) is 4.21. The number of nitrogens with one attached hydrogen (secondary N) is 1. The average molecular weight is 352 g/mol. The quantitative estimate of drug-likeness (QED) is 0.595. The second-order valence-electron chi connectivity index (χ2n) is 6.01. The fraction of sp³-hybridized carbons (Fsp3) is 0.263. The summed E-state index contributed by atoms with van der Waals surface area (Å²) in [6, 6.07) is 7.74. The Morgan fingerprint density at radius 2 is 1.85 bits per heavy atom. The fourth-order valence-corrected chi connectivity index (χ4v) is 2.74. The predicted molar refractivity (Wildman–Crippen MR) is 95.7 cm³/mol. The summed E-state index contributed by atoms with van der Waals surface area (Å²) in [6.45, 7) is 8.98. The Balaban J connectivity index is 2.21. The molecule has 0 aromatic heterocycles. The number of urea groups is 1. The highest BCUT2D eigenvalue weighted by Gasteiger charge is 2.49. The van der Waals surface area contributed by atoms with Crippen LogP contribution >= 0.6 is 0 Å². The monoisotopic (exact) mass is 352 g/mol. The number of hydrogen-bond donors (Lipinski definition) is 1. The molecule has 1 heterocycles. The van der Waals surface area contributed by atoms with Crippen molar-refractivity contribution in [2.75, 3.05) is 19.6 Å². The molecule has 1 aromatic rings. The van der Waals surface area contributed by atoms with E-state index in [1.165, 1.54) is 4.90 Å². The van der Waals surface area contributed by atoms with Crippen molar-refractivity contribution >= 4 is 17.8 Å². The molecule has 1 aliphatic heterocycles. The van der Waals surface area contributed by atoms with Crippen LogP contribution in [0.3, 0.4) is 0 Å². The van der Waals surface area contributed by atoms with Crippen LogP contribution in [-0.4, -0.2) is 47.3 Å². The van der Waals surface area contributed by atoms with Gasteiger partial charge in [-0.05, 0) is 24.6 Å². The van der Waals surface area contributed by atoms with Crippen molar-refractivity contribution in [2.24, 2.45) is 0 Å². The number of amides is 4. The van der Waals surface area contributed by atoms with Gasteiger partial charge >= 0.3 is 6.03 Å². The van der Waals surface area contributed by atoms with Crippen LogP contribution in [-0.2, 0) is 15.1 Å². The lowest BCUT2D eigenvalue weighted by Gasteiger charge is -2.24. The molecule has 0 radical (unpaired) electrons. The first-order chi connectivity index (χ1) is 12.4. The number of carbonyl (C=O) groups is 3. The third kappa shape index (κ3) is 3.49. The van der Waals surface area contributed by atoms with Crippen LogP contribution in [0.5, 0.6) is 0 Å². The first-order valence-electron chi connectivity index (χ1n) is 8.01. The van der Waals surface area contributed by atoms with Crippen molar-refractivity contribution in [3.8, 4) is 6.07 Å². The molecule has 0 unspecified atom stereocenters. The number of rotatable bonds is 7. The van der Waals surface area contributed by atoms with Gasteiger partial charge in [0.2, 0.25) is 5.91 Å². The zero-order chi connectivity index (χ0) is 19.3. The summed E-state index contributed by atoms with van der Waals surface area (Å²) in [4.78, 5) is 39.9. The van der Waals surface area contributed by atoms with Crippen LogP contribution in [0.2, 0.25) is 0 Å². The summed E-state index contributed by atoms with van der Waals surface area (Å²) < 4.78 is 0. The van der Waals surface area contributed by atoms with E-state index in [1.54, 1.807) is 43.3 Å². The molecular weight excluding hydrogens is 332 g/mol. The van der Waals surface area contributed by atoms with Crippen LogP contribution in [0, 0.1) is 11.3 Å². The Morgan fingerprint density at radius 3 is 2.35 bits per heavy atom. The zero-order valence-electron chi connectivity index (χ0n) is 14.6. The van der Waals surface area contributed by atoms with E-state index in [9.17, 15) is 14.4 Å². The maximum absolute atomic E-state index is 12.8. The number of nitriles is 1. The molecule has 1 aromatic carbocycles. The minimum absolute atomic E-state index is 0.293. The molecule has 1 saturated heterocycles. The number of nitrogens with zero attached hydrogens (tertiary/aromatic N) is 3. The van der Waals surface area contributed by atoms with Crippen LogP contribution in [0.1, 0.15) is 18.1 Å². The van der Waals surface area contributed by atoms with Gasteiger partial charge in [-0.3, -0.25) is 14.5 Å². The van der Waals surface area contributed by atoms with Crippen LogP contribution in [0.25, 0.3) is 0 Å². The molecule has 0 aliphatic carbocycles. The van der Waals surface area contributed by atoms with Crippen LogP contribution in [0.4, 0.5) is 4.79 Å². The zero-order valence-corrected chi connectivity index (χ0v) is 14.6. The Labute approximate surface area is 152 Å². The molecule has 0 bridgehead atoms. The van der Waals surface area contributed by atoms with Gasteiger partial charge in [-0.15, -0.1) is 13.2 Å². The lowest BCUT2D eigenvalue weighted by Crippen LogP contribution is -2.44. The lowest BCUT2D eigenvalue weighted by molar-refractivity contribution is -0.138. The van der Waals surface area contributed by atoms with Crippen LogP contribution < -0.4 is 5.32 Å². The van der Waals surface area contributed by atoms with Gasteiger partial charge in [0.15, 0.2) is 0 Å². The van der Waals surface area contributed by atoms with Gasteiger partial charge in [0.1, 0.15) is 12.1 Å². The van der Waals surface area contributed by atoms with E-state index < -0.39 is 17.5 Å². The molecule has 0 saturated carbocycles. The van der Waals surface area contributed by atoms with Gasteiger partial charge in [-0.1, -0.05) is 24.3 Å². The number of hydrogen-bond acceptors (Lipinski definition) is 4. The fourth-order valence-electron chi connectivity index (χ4n) is 2.74. The number of imide groups is 1. The van der Waals surface area contributed by atoms with Crippen molar-refractivity contribution in [2.45, 2.75) is 12.5 Å². The Bertz CT molecular complexity index is 784. The number of carbonyl (C=O) groups excluding carboxylic acids is 3. The summed E-state index contributed by atoms with van der Waals surface area (Å²) >= 11 is 0. The molecule has 7 heteroatoms. The predicted octanol–water partition coefficient (Wildman–Crippen LogP) is 1.53. The normalized spacial score (nSPS) is 18.8. The second-order valence-corrected chi connectivity index (χ2v) is 6.01. The molecule has 1 fully saturated rings. The lowest BCUT2D eigenvalue weighted by atomic mass is 9.91. The Hall–Kier alpha value is -3.40. The van der Waals surface area contributed by atoms with Crippen molar-refractivity contribution in [3.63, 3.8) is 0 Å². The average Bonchev–Trinajstić information content (AvgIpc) is 2.85. The van der Waals surface area contributed by atoms with Gasteiger partial charge in [0.25, 0.3) is 5.91 Å². The molecule has 26 heavy (non-hydrogen) atoms. The minimum Gasteiger partial charge on any atom is -0.334 e. The van der Waals surface area contributed by atoms with E-state index in [0.717, 1.165) is 4.90 Å². The first-order valence-corrected chi connectivity index (χ1v) is 8.01. The maximum atomic E-state index is 12.8. The van der Waals surface area contributed by atoms with E-state index in [0.29, 0.717) is 24.2 Å². The molecule has 134 valence electrons. The SMILES string of the molecule is C=CCN(CC=C)C(=O)CN1C(=O)N[C@@](C)(c2ccc(C#N)cc2)C1=O.